The first kappa shape index (κ1) is 11.7. The van der Waals surface area contributed by atoms with Gasteiger partial charge in [0.15, 0.2) is 0 Å². The third-order valence-corrected chi connectivity index (χ3v) is 4.16. The van der Waals surface area contributed by atoms with Crippen molar-refractivity contribution in [3.63, 3.8) is 0 Å². The summed E-state index contributed by atoms with van der Waals surface area (Å²) in [5, 5.41) is 9.61. The van der Waals surface area contributed by atoms with Crippen molar-refractivity contribution in [3.8, 4) is 0 Å². The molecular formula is C14H18N2O2. The number of benzene rings is 1. The van der Waals surface area contributed by atoms with Crippen molar-refractivity contribution in [1.29, 1.82) is 0 Å². The van der Waals surface area contributed by atoms with Gasteiger partial charge in [-0.25, -0.2) is 0 Å². The summed E-state index contributed by atoms with van der Waals surface area (Å²) in [5.74, 6) is 0.0180. The zero-order chi connectivity index (χ0) is 12.7. The maximum absolute atomic E-state index is 12.3. The summed E-state index contributed by atoms with van der Waals surface area (Å²) in [6.07, 6.45) is 1.49. The molecule has 1 saturated carbocycles. The first-order valence-electron chi connectivity index (χ1n) is 6.48. The van der Waals surface area contributed by atoms with E-state index in [-0.39, 0.29) is 17.9 Å². The van der Waals surface area contributed by atoms with Gasteiger partial charge in [0.2, 0.25) is 5.91 Å². The molecule has 3 rings (SSSR count). The smallest absolute Gasteiger partial charge is 0.227 e. The van der Waals surface area contributed by atoms with Crippen LogP contribution in [0, 0.1) is 5.92 Å². The second-order valence-corrected chi connectivity index (χ2v) is 5.26. The quantitative estimate of drug-likeness (QED) is 0.806. The van der Waals surface area contributed by atoms with Crippen LogP contribution in [0.3, 0.4) is 0 Å². The van der Waals surface area contributed by atoms with Crippen LogP contribution in [0.15, 0.2) is 24.3 Å². The molecule has 1 aromatic carbocycles. The van der Waals surface area contributed by atoms with E-state index in [0.717, 1.165) is 18.7 Å². The van der Waals surface area contributed by atoms with Crippen LogP contribution in [-0.4, -0.2) is 29.7 Å². The summed E-state index contributed by atoms with van der Waals surface area (Å²) in [6, 6.07) is 7.97. The van der Waals surface area contributed by atoms with Crippen LogP contribution in [-0.2, 0) is 11.2 Å². The third kappa shape index (κ3) is 1.82. The number of fused-ring (bicyclic) bond motifs is 1. The molecule has 3 atom stereocenters. The molecule has 18 heavy (non-hydrogen) atoms. The molecule has 3 N–H and O–H groups in total. The van der Waals surface area contributed by atoms with Crippen LogP contribution in [0.25, 0.3) is 0 Å². The van der Waals surface area contributed by atoms with E-state index in [2.05, 4.69) is 6.07 Å². The number of nitrogens with zero attached hydrogens (tertiary/aromatic N) is 1. The van der Waals surface area contributed by atoms with Crippen molar-refractivity contribution in [2.45, 2.75) is 31.4 Å². The van der Waals surface area contributed by atoms with Crippen molar-refractivity contribution in [3.05, 3.63) is 29.8 Å². The van der Waals surface area contributed by atoms with Gasteiger partial charge in [0.25, 0.3) is 0 Å². The molecule has 0 spiro atoms. The zero-order valence-electron chi connectivity index (χ0n) is 10.2. The highest BCUT2D eigenvalue weighted by Gasteiger charge is 2.40. The number of hydrogen-bond donors (Lipinski definition) is 2. The van der Waals surface area contributed by atoms with E-state index in [9.17, 15) is 9.90 Å². The predicted molar refractivity (Wildman–Crippen MR) is 69.2 cm³/mol. The molecule has 1 aliphatic carbocycles. The van der Waals surface area contributed by atoms with Gasteiger partial charge < -0.3 is 15.7 Å². The molecule has 4 nitrogen and oxygen atoms in total. The summed E-state index contributed by atoms with van der Waals surface area (Å²) in [4.78, 5) is 14.1. The summed E-state index contributed by atoms with van der Waals surface area (Å²) in [6.45, 7) is 0.746. The maximum atomic E-state index is 12.3. The van der Waals surface area contributed by atoms with E-state index in [1.165, 1.54) is 5.56 Å². The van der Waals surface area contributed by atoms with E-state index >= 15 is 0 Å². The van der Waals surface area contributed by atoms with Crippen molar-refractivity contribution in [2.24, 2.45) is 11.7 Å². The van der Waals surface area contributed by atoms with Gasteiger partial charge in [-0.1, -0.05) is 18.2 Å². The average Bonchev–Trinajstić information content (AvgIpc) is 2.80. The van der Waals surface area contributed by atoms with Crippen LogP contribution in [0.4, 0.5) is 5.69 Å². The normalized spacial score (nSPS) is 29.9. The lowest BCUT2D eigenvalue weighted by molar-refractivity contribution is -0.122. The highest BCUT2D eigenvalue weighted by atomic mass is 16.3. The minimum atomic E-state index is -0.401. The maximum Gasteiger partial charge on any atom is 0.227 e. The Balaban J connectivity index is 1.71. The molecule has 0 bridgehead atoms. The molecular weight excluding hydrogens is 228 g/mol. The van der Waals surface area contributed by atoms with Crippen molar-refractivity contribution < 1.29 is 9.90 Å². The lowest BCUT2D eigenvalue weighted by Gasteiger charge is -2.39. The van der Waals surface area contributed by atoms with Crippen molar-refractivity contribution in [2.75, 3.05) is 11.4 Å². The Hall–Kier alpha value is -1.39. The molecule has 1 heterocycles. The van der Waals surface area contributed by atoms with Crippen LogP contribution in [0.1, 0.15) is 18.4 Å². The van der Waals surface area contributed by atoms with Crippen LogP contribution in [0.5, 0.6) is 0 Å². The summed E-state index contributed by atoms with van der Waals surface area (Å²) in [5.41, 5.74) is 8.07. The number of nitrogens with two attached hydrogens (primary N) is 1. The molecule has 0 aromatic heterocycles. The standard InChI is InChI=1S/C14H18N2O2/c15-11-8-13(17)10(11)7-14(18)16-6-5-9-3-1-2-4-12(9)16/h1-4,10-11,13,17H,5-8,15H2/t10-,11+,13-/m1/s1. The Kier molecular flexibility index (Phi) is 2.84. The third-order valence-electron chi connectivity index (χ3n) is 4.16. The predicted octanol–water partition coefficient (Wildman–Crippen LogP) is 0.674. The van der Waals surface area contributed by atoms with Gasteiger partial charge >= 0.3 is 0 Å². The first-order chi connectivity index (χ1) is 8.66. The second kappa shape index (κ2) is 4.37. The van der Waals surface area contributed by atoms with Gasteiger partial charge in [-0.15, -0.1) is 0 Å². The molecule has 0 saturated heterocycles. The van der Waals surface area contributed by atoms with Gasteiger partial charge in [0, 0.05) is 30.6 Å². The van der Waals surface area contributed by atoms with Crippen molar-refractivity contribution in [1.82, 2.24) is 0 Å². The minimum Gasteiger partial charge on any atom is -0.393 e. The van der Waals surface area contributed by atoms with Crippen LogP contribution < -0.4 is 10.6 Å². The van der Waals surface area contributed by atoms with Crippen molar-refractivity contribution >= 4 is 11.6 Å². The molecule has 0 unspecified atom stereocenters. The first-order valence-corrected chi connectivity index (χ1v) is 6.48. The van der Waals surface area contributed by atoms with Gasteiger partial charge in [-0.3, -0.25) is 4.79 Å². The summed E-state index contributed by atoms with van der Waals surface area (Å²) in [7, 11) is 0. The number of carbonyl (C=O) groups is 1. The monoisotopic (exact) mass is 246 g/mol. The molecule has 1 amide bonds. The Bertz CT molecular complexity index is 467. The molecule has 0 radical (unpaired) electrons. The molecule has 2 aliphatic rings. The summed E-state index contributed by atoms with van der Waals surface area (Å²) >= 11 is 0. The largest absolute Gasteiger partial charge is 0.393 e. The molecule has 1 aliphatic heterocycles. The molecule has 1 fully saturated rings. The average molecular weight is 246 g/mol. The van der Waals surface area contributed by atoms with Gasteiger partial charge in [-0.05, 0) is 24.5 Å². The number of rotatable bonds is 2. The Morgan fingerprint density at radius 1 is 1.44 bits per heavy atom. The number of aliphatic hydroxyl groups excluding tert-OH is 1. The zero-order valence-corrected chi connectivity index (χ0v) is 10.2. The van der Waals surface area contributed by atoms with Gasteiger partial charge in [0.05, 0.1) is 6.10 Å². The summed E-state index contributed by atoms with van der Waals surface area (Å²) < 4.78 is 0. The second-order valence-electron chi connectivity index (χ2n) is 5.26. The number of carbonyl (C=O) groups excluding carboxylic acids is 1. The Labute approximate surface area is 106 Å². The van der Waals surface area contributed by atoms with E-state index in [4.69, 9.17) is 5.73 Å². The molecule has 1 aromatic rings. The van der Waals surface area contributed by atoms with Gasteiger partial charge in [-0.2, -0.15) is 0 Å². The topological polar surface area (TPSA) is 66.6 Å². The molecule has 96 valence electrons. The van der Waals surface area contributed by atoms with Gasteiger partial charge in [0.1, 0.15) is 0 Å². The van der Waals surface area contributed by atoms with Crippen LogP contribution in [0.2, 0.25) is 0 Å². The number of aliphatic hydroxyl groups is 1. The highest BCUT2D eigenvalue weighted by molar-refractivity contribution is 5.95. The SMILES string of the molecule is N[C@H]1C[C@@H](O)[C@@H]1CC(=O)N1CCc2ccccc21. The molecule has 4 heteroatoms. The Morgan fingerprint density at radius 3 is 2.94 bits per heavy atom. The lowest BCUT2D eigenvalue weighted by atomic mass is 9.75. The lowest BCUT2D eigenvalue weighted by Crippen LogP contribution is -2.52. The number of amides is 1. The highest BCUT2D eigenvalue weighted by Crippen LogP contribution is 2.33. The number of anilines is 1. The van der Waals surface area contributed by atoms with E-state index in [1.807, 2.05) is 23.1 Å². The van der Waals surface area contributed by atoms with E-state index < -0.39 is 6.10 Å². The number of para-hydroxylation sites is 1. The fourth-order valence-electron chi connectivity index (χ4n) is 2.91. The number of hydrogen-bond acceptors (Lipinski definition) is 3. The Morgan fingerprint density at radius 2 is 2.22 bits per heavy atom. The van der Waals surface area contributed by atoms with Crippen LogP contribution >= 0.6 is 0 Å². The fourth-order valence-corrected chi connectivity index (χ4v) is 2.91. The minimum absolute atomic E-state index is 0.0261. The fraction of sp³-hybridized carbons (Fsp3) is 0.500. The van der Waals surface area contributed by atoms with E-state index in [1.54, 1.807) is 0 Å². The van der Waals surface area contributed by atoms with E-state index in [0.29, 0.717) is 12.8 Å².